The molecule has 0 atom stereocenters. The maximum Gasteiger partial charge on any atom is 0.261 e. The van der Waals surface area contributed by atoms with Crippen LogP contribution in [0.1, 0.15) is 50.3 Å². The van der Waals surface area contributed by atoms with Gasteiger partial charge in [-0.1, -0.05) is 0 Å². The van der Waals surface area contributed by atoms with Crippen LogP contribution < -0.4 is 10.2 Å². The molecule has 1 amide bonds. The SMILES string of the molecule is Cc1cn2cc(N3Cc4sc(C5CCNCC5)cc4C3=O)nc(C)c2n1. The van der Waals surface area contributed by atoms with Gasteiger partial charge in [0, 0.05) is 16.0 Å². The van der Waals surface area contributed by atoms with Crippen LogP contribution in [0.15, 0.2) is 18.5 Å². The Hall–Kier alpha value is -2.25. The maximum atomic E-state index is 13.0. The number of fused-ring (bicyclic) bond motifs is 2. The number of aromatic nitrogens is 3. The number of rotatable bonds is 2. The van der Waals surface area contributed by atoms with Gasteiger partial charge in [0.1, 0.15) is 0 Å². The zero-order valence-corrected chi connectivity index (χ0v) is 15.8. The lowest BCUT2D eigenvalue weighted by Gasteiger charge is -2.21. The number of carbonyl (C=O) groups is 1. The van der Waals surface area contributed by atoms with E-state index in [-0.39, 0.29) is 5.91 Å². The average molecular weight is 367 g/mol. The molecule has 1 fully saturated rings. The minimum atomic E-state index is 0.0690. The molecule has 134 valence electrons. The highest BCUT2D eigenvalue weighted by molar-refractivity contribution is 7.12. The topological polar surface area (TPSA) is 62.5 Å². The summed E-state index contributed by atoms with van der Waals surface area (Å²) in [6.07, 6.45) is 6.20. The van der Waals surface area contributed by atoms with Crippen molar-refractivity contribution in [2.75, 3.05) is 18.0 Å². The molecule has 0 radical (unpaired) electrons. The Labute approximate surface area is 155 Å². The molecule has 0 bridgehead atoms. The molecule has 5 heterocycles. The zero-order valence-electron chi connectivity index (χ0n) is 15.0. The number of imidazole rings is 1. The Balaban J connectivity index is 1.46. The van der Waals surface area contributed by atoms with E-state index in [1.54, 1.807) is 16.2 Å². The minimum absolute atomic E-state index is 0.0690. The van der Waals surface area contributed by atoms with E-state index in [0.29, 0.717) is 18.3 Å². The number of nitrogens with zero attached hydrogens (tertiary/aromatic N) is 4. The first-order valence-corrected chi connectivity index (χ1v) is 9.90. The van der Waals surface area contributed by atoms with Crippen LogP contribution in [0.25, 0.3) is 5.65 Å². The van der Waals surface area contributed by atoms with Gasteiger partial charge in [-0.2, -0.15) is 0 Å². The van der Waals surface area contributed by atoms with Gasteiger partial charge in [0.05, 0.1) is 29.7 Å². The number of hydrogen-bond acceptors (Lipinski definition) is 5. The third-order valence-corrected chi connectivity index (χ3v) is 6.62. The van der Waals surface area contributed by atoms with Gasteiger partial charge in [0.2, 0.25) is 0 Å². The first-order chi connectivity index (χ1) is 12.6. The molecule has 0 spiro atoms. The summed E-state index contributed by atoms with van der Waals surface area (Å²) in [5.41, 5.74) is 3.50. The van der Waals surface area contributed by atoms with E-state index >= 15 is 0 Å². The fraction of sp³-hybridized carbons (Fsp3) is 0.421. The van der Waals surface area contributed by atoms with Crippen molar-refractivity contribution < 1.29 is 4.79 Å². The van der Waals surface area contributed by atoms with Crippen LogP contribution in [0.3, 0.4) is 0 Å². The van der Waals surface area contributed by atoms with Gasteiger partial charge in [0.25, 0.3) is 5.91 Å². The Morgan fingerprint density at radius 1 is 1.19 bits per heavy atom. The first-order valence-electron chi connectivity index (χ1n) is 9.08. The van der Waals surface area contributed by atoms with E-state index in [4.69, 9.17) is 0 Å². The van der Waals surface area contributed by atoms with E-state index in [2.05, 4.69) is 21.4 Å². The zero-order chi connectivity index (χ0) is 17.8. The first kappa shape index (κ1) is 16.0. The van der Waals surface area contributed by atoms with Crippen LogP contribution in [-0.2, 0) is 6.54 Å². The van der Waals surface area contributed by atoms with E-state index in [1.807, 2.05) is 30.6 Å². The van der Waals surface area contributed by atoms with Crippen molar-refractivity contribution in [1.82, 2.24) is 19.7 Å². The summed E-state index contributed by atoms with van der Waals surface area (Å²) in [5.74, 6) is 1.36. The van der Waals surface area contributed by atoms with Crippen LogP contribution in [0.2, 0.25) is 0 Å². The molecule has 6 nitrogen and oxygen atoms in total. The quantitative estimate of drug-likeness (QED) is 0.756. The summed E-state index contributed by atoms with van der Waals surface area (Å²) < 4.78 is 1.97. The predicted molar refractivity (Wildman–Crippen MR) is 102 cm³/mol. The second kappa shape index (κ2) is 5.89. The Morgan fingerprint density at radius 2 is 2.00 bits per heavy atom. The monoisotopic (exact) mass is 367 g/mol. The minimum Gasteiger partial charge on any atom is -0.317 e. The van der Waals surface area contributed by atoms with Gasteiger partial charge >= 0.3 is 0 Å². The molecule has 1 N–H and O–H groups in total. The fourth-order valence-electron chi connectivity index (χ4n) is 3.99. The van der Waals surface area contributed by atoms with Crippen molar-refractivity contribution in [1.29, 1.82) is 0 Å². The lowest BCUT2D eigenvalue weighted by Crippen LogP contribution is -2.27. The van der Waals surface area contributed by atoms with Crippen LogP contribution in [0, 0.1) is 13.8 Å². The van der Waals surface area contributed by atoms with Crippen molar-refractivity contribution in [3.05, 3.63) is 45.2 Å². The van der Waals surface area contributed by atoms with Gasteiger partial charge in [0.15, 0.2) is 11.5 Å². The van der Waals surface area contributed by atoms with Crippen molar-refractivity contribution in [3.8, 4) is 0 Å². The van der Waals surface area contributed by atoms with Gasteiger partial charge in [-0.15, -0.1) is 11.3 Å². The van der Waals surface area contributed by atoms with Gasteiger partial charge in [-0.3, -0.25) is 9.69 Å². The second-order valence-corrected chi connectivity index (χ2v) is 8.37. The van der Waals surface area contributed by atoms with Crippen molar-refractivity contribution >= 4 is 28.7 Å². The molecule has 0 aromatic carbocycles. The molecular formula is C19H21N5OS. The number of piperidine rings is 1. The number of nitrogens with one attached hydrogen (secondary N) is 1. The van der Waals surface area contributed by atoms with Crippen LogP contribution in [0.4, 0.5) is 5.82 Å². The maximum absolute atomic E-state index is 13.0. The normalized spacial score (nSPS) is 18.1. The number of carbonyl (C=O) groups excluding carboxylic acids is 1. The van der Waals surface area contributed by atoms with Gasteiger partial charge in [-0.05, 0) is 51.8 Å². The van der Waals surface area contributed by atoms with Crippen molar-refractivity contribution in [3.63, 3.8) is 0 Å². The summed E-state index contributed by atoms with van der Waals surface area (Å²) in [4.78, 5) is 26.5. The molecular weight excluding hydrogens is 346 g/mol. The van der Waals surface area contributed by atoms with E-state index in [0.717, 1.165) is 48.5 Å². The second-order valence-electron chi connectivity index (χ2n) is 7.20. The van der Waals surface area contributed by atoms with Crippen molar-refractivity contribution in [2.24, 2.45) is 0 Å². The number of anilines is 1. The van der Waals surface area contributed by atoms with E-state index in [1.165, 1.54) is 9.75 Å². The van der Waals surface area contributed by atoms with Crippen LogP contribution in [0.5, 0.6) is 0 Å². The molecule has 3 aromatic rings. The summed E-state index contributed by atoms with van der Waals surface area (Å²) >= 11 is 1.81. The molecule has 0 saturated carbocycles. The molecule has 3 aromatic heterocycles. The highest BCUT2D eigenvalue weighted by Crippen LogP contribution is 2.39. The number of aryl methyl sites for hydroxylation is 2. The van der Waals surface area contributed by atoms with Gasteiger partial charge < -0.3 is 9.72 Å². The van der Waals surface area contributed by atoms with Gasteiger partial charge in [-0.25, -0.2) is 9.97 Å². The highest BCUT2D eigenvalue weighted by atomic mass is 32.1. The molecule has 0 unspecified atom stereocenters. The van der Waals surface area contributed by atoms with Crippen molar-refractivity contribution in [2.45, 2.75) is 39.2 Å². The summed E-state index contributed by atoms with van der Waals surface area (Å²) in [6.45, 7) is 6.67. The number of amides is 1. The largest absolute Gasteiger partial charge is 0.317 e. The third kappa shape index (κ3) is 2.46. The molecule has 7 heteroatoms. The lowest BCUT2D eigenvalue weighted by atomic mass is 9.96. The predicted octanol–water partition coefficient (Wildman–Crippen LogP) is 3.04. The standard InChI is InChI=1S/C19H21N5OS/c1-11-8-23-10-17(22-12(2)18(23)21-11)24-9-16-14(19(24)25)7-15(26-16)13-3-5-20-6-4-13/h7-8,10,13,20H,3-6,9H2,1-2H3. The number of thiophene rings is 1. The average Bonchev–Trinajstić information content (AvgIpc) is 3.30. The summed E-state index contributed by atoms with van der Waals surface area (Å²) in [5, 5.41) is 3.41. The van der Waals surface area contributed by atoms with E-state index < -0.39 is 0 Å². The highest BCUT2D eigenvalue weighted by Gasteiger charge is 2.33. The molecule has 0 aliphatic carbocycles. The Kier molecular flexibility index (Phi) is 3.62. The fourth-order valence-corrected chi connectivity index (χ4v) is 5.30. The molecule has 26 heavy (non-hydrogen) atoms. The van der Waals surface area contributed by atoms with Crippen LogP contribution >= 0.6 is 11.3 Å². The van der Waals surface area contributed by atoms with Crippen LogP contribution in [-0.4, -0.2) is 33.4 Å². The summed E-state index contributed by atoms with van der Waals surface area (Å²) in [6, 6.07) is 2.13. The lowest BCUT2D eigenvalue weighted by molar-refractivity contribution is 0.0996. The Morgan fingerprint density at radius 3 is 2.77 bits per heavy atom. The third-order valence-electron chi connectivity index (χ3n) is 5.34. The summed E-state index contributed by atoms with van der Waals surface area (Å²) in [7, 11) is 0. The molecule has 5 rings (SSSR count). The molecule has 2 aliphatic rings. The molecule has 2 aliphatic heterocycles. The smallest absolute Gasteiger partial charge is 0.261 e. The Bertz CT molecular complexity index is 1010. The van der Waals surface area contributed by atoms with E-state index in [9.17, 15) is 4.79 Å². The molecule has 1 saturated heterocycles. The number of hydrogen-bond donors (Lipinski definition) is 1.